The van der Waals surface area contributed by atoms with Gasteiger partial charge in [-0.15, -0.1) is 0 Å². The fourth-order valence-corrected chi connectivity index (χ4v) is 3.62. The molecule has 0 rings (SSSR count). The summed E-state index contributed by atoms with van der Waals surface area (Å²) >= 11 is 0. The first-order valence-corrected chi connectivity index (χ1v) is 12.8. The molecule has 2 unspecified atom stereocenters. The summed E-state index contributed by atoms with van der Waals surface area (Å²) in [5.41, 5.74) is 5.20. The summed E-state index contributed by atoms with van der Waals surface area (Å²) in [5, 5.41) is 9.24. The van der Waals surface area contributed by atoms with Crippen molar-refractivity contribution >= 4 is 7.82 Å². The third kappa shape index (κ3) is 20.6. The molecule has 174 valence electrons. The molecule has 0 spiro atoms. The number of hydrogen-bond donors (Lipinski definition) is 3. The minimum absolute atomic E-state index is 0.0720. The van der Waals surface area contributed by atoms with Crippen molar-refractivity contribution in [2.24, 2.45) is 5.73 Å². The first-order chi connectivity index (χ1) is 14.1. The van der Waals surface area contributed by atoms with Gasteiger partial charge in [0.2, 0.25) is 0 Å². The van der Waals surface area contributed by atoms with Crippen LogP contribution in [-0.4, -0.2) is 42.5 Å². The van der Waals surface area contributed by atoms with E-state index in [0.717, 1.165) is 12.8 Å². The molecular formula is C21H44NO6P. The third-order valence-corrected chi connectivity index (χ3v) is 5.58. The third-order valence-electron chi connectivity index (χ3n) is 4.59. The Bertz CT molecular complexity index is 422. The summed E-state index contributed by atoms with van der Waals surface area (Å²) in [7, 11) is -4.15. The number of phosphoric ester groups is 1. The van der Waals surface area contributed by atoms with Crippen molar-refractivity contribution in [3.05, 3.63) is 12.3 Å². The topological polar surface area (TPSA) is 111 Å². The summed E-state index contributed by atoms with van der Waals surface area (Å²) in [5.74, 6) is 0. The lowest BCUT2D eigenvalue weighted by atomic mass is 10.0. The molecule has 8 heteroatoms. The Morgan fingerprint density at radius 1 is 0.931 bits per heavy atom. The van der Waals surface area contributed by atoms with Crippen LogP contribution < -0.4 is 5.73 Å². The zero-order valence-corrected chi connectivity index (χ0v) is 19.2. The van der Waals surface area contributed by atoms with Crippen LogP contribution in [0.5, 0.6) is 0 Å². The van der Waals surface area contributed by atoms with E-state index in [4.69, 9.17) is 15.0 Å². The zero-order chi connectivity index (χ0) is 21.6. The molecule has 0 aromatic carbocycles. The summed E-state index contributed by atoms with van der Waals surface area (Å²) in [4.78, 5) is 9.39. The molecule has 29 heavy (non-hydrogen) atoms. The Labute approximate surface area is 177 Å². The van der Waals surface area contributed by atoms with Gasteiger partial charge >= 0.3 is 7.82 Å². The summed E-state index contributed by atoms with van der Waals surface area (Å²) in [6.45, 7) is 1.74. The number of aliphatic hydroxyl groups is 1. The van der Waals surface area contributed by atoms with Crippen LogP contribution in [0.4, 0.5) is 0 Å². The second kappa shape index (κ2) is 20.8. The molecule has 0 aromatic heterocycles. The predicted molar refractivity (Wildman–Crippen MR) is 118 cm³/mol. The van der Waals surface area contributed by atoms with E-state index >= 15 is 0 Å². The maximum absolute atomic E-state index is 11.5. The Balaban J connectivity index is 3.54. The number of allylic oxidation sites excluding steroid dienone is 1. The minimum atomic E-state index is -4.15. The highest BCUT2D eigenvalue weighted by molar-refractivity contribution is 7.47. The average molecular weight is 438 g/mol. The van der Waals surface area contributed by atoms with E-state index in [2.05, 4.69) is 11.4 Å². The van der Waals surface area contributed by atoms with Gasteiger partial charge in [-0.2, -0.15) is 0 Å². The number of rotatable bonds is 22. The van der Waals surface area contributed by atoms with Gasteiger partial charge in [0.25, 0.3) is 0 Å². The summed E-state index contributed by atoms with van der Waals surface area (Å²) in [6, 6.07) is 0. The lowest BCUT2D eigenvalue weighted by Crippen LogP contribution is -2.22. The lowest BCUT2D eigenvalue weighted by molar-refractivity contribution is 0.0257. The Morgan fingerprint density at radius 3 is 2.00 bits per heavy atom. The molecule has 0 radical (unpaired) electrons. The molecule has 0 saturated heterocycles. The quantitative estimate of drug-likeness (QED) is 0.123. The fourth-order valence-electron chi connectivity index (χ4n) is 2.86. The van der Waals surface area contributed by atoms with E-state index in [-0.39, 0.29) is 26.4 Å². The molecule has 0 aliphatic rings. The second-order valence-electron chi connectivity index (χ2n) is 7.38. The van der Waals surface area contributed by atoms with Crippen LogP contribution in [0, 0.1) is 0 Å². The van der Waals surface area contributed by atoms with Crippen LogP contribution in [0.2, 0.25) is 0 Å². The first-order valence-electron chi connectivity index (χ1n) is 11.3. The number of hydrogen-bond acceptors (Lipinski definition) is 6. The molecule has 7 nitrogen and oxygen atoms in total. The molecule has 0 saturated carbocycles. The normalized spacial score (nSPS) is 14.9. The van der Waals surface area contributed by atoms with Crippen LogP contribution in [0.3, 0.4) is 0 Å². The summed E-state index contributed by atoms with van der Waals surface area (Å²) < 4.78 is 26.2. The van der Waals surface area contributed by atoms with E-state index in [1.165, 1.54) is 76.9 Å². The Kier molecular flexibility index (Phi) is 20.5. The maximum atomic E-state index is 11.5. The summed E-state index contributed by atoms with van der Waals surface area (Å²) in [6.07, 6.45) is 19.5. The van der Waals surface area contributed by atoms with E-state index in [1.54, 1.807) is 0 Å². The maximum Gasteiger partial charge on any atom is 0.472 e. The highest BCUT2D eigenvalue weighted by Crippen LogP contribution is 2.42. The van der Waals surface area contributed by atoms with E-state index < -0.39 is 13.9 Å². The van der Waals surface area contributed by atoms with Crippen LogP contribution >= 0.6 is 7.82 Å². The molecule has 0 aromatic rings. The molecule has 0 aliphatic heterocycles. The van der Waals surface area contributed by atoms with Gasteiger partial charge in [0.05, 0.1) is 26.1 Å². The van der Waals surface area contributed by atoms with Crippen LogP contribution in [-0.2, 0) is 18.3 Å². The monoisotopic (exact) mass is 437 g/mol. The average Bonchev–Trinajstić information content (AvgIpc) is 2.71. The van der Waals surface area contributed by atoms with Crippen molar-refractivity contribution < 1.29 is 28.3 Å². The SMILES string of the molecule is CCCCCCCCCCCCCC/C=C/OC(CO)COP(=O)(O)OCCN. The molecule has 2 atom stereocenters. The van der Waals surface area contributed by atoms with Gasteiger partial charge in [0.1, 0.15) is 6.10 Å². The number of ether oxygens (including phenoxy) is 1. The molecular weight excluding hydrogens is 393 g/mol. The zero-order valence-electron chi connectivity index (χ0n) is 18.3. The van der Waals surface area contributed by atoms with Gasteiger partial charge in [0, 0.05) is 6.54 Å². The highest BCUT2D eigenvalue weighted by atomic mass is 31.2. The van der Waals surface area contributed by atoms with E-state index in [1.807, 2.05) is 6.08 Å². The predicted octanol–water partition coefficient (Wildman–Crippen LogP) is 5.06. The highest BCUT2D eigenvalue weighted by Gasteiger charge is 2.23. The molecule has 0 aliphatic carbocycles. The second-order valence-corrected chi connectivity index (χ2v) is 8.83. The molecule has 4 N–H and O–H groups in total. The van der Waals surface area contributed by atoms with E-state index in [9.17, 15) is 14.6 Å². The molecule has 0 heterocycles. The van der Waals surface area contributed by atoms with Crippen molar-refractivity contribution in [2.45, 2.75) is 96.5 Å². The lowest BCUT2D eigenvalue weighted by Gasteiger charge is -2.16. The smallest absolute Gasteiger partial charge is 0.472 e. The van der Waals surface area contributed by atoms with Gasteiger partial charge < -0.3 is 20.5 Å². The van der Waals surface area contributed by atoms with Gasteiger partial charge in [-0.3, -0.25) is 9.05 Å². The van der Waals surface area contributed by atoms with Crippen molar-refractivity contribution in [2.75, 3.05) is 26.4 Å². The van der Waals surface area contributed by atoms with Crippen molar-refractivity contribution in [3.8, 4) is 0 Å². The van der Waals surface area contributed by atoms with Crippen molar-refractivity contribution in [1.82, 2.24) is 0 Å². The van der Waals surface area contributed by atoms with Gasteiger partial charge in [-0.25, -0.2) is 4.57 Å². The molecule has 0 bridgehead atoms. The number of nitrogens with two attached hydrogens (primary N) is 1. The van der Waals surface area contributed by atoms with Crippen LogP contribution in [0.1, 0.15) is 90.4 Å². The standard InChI is InChI=1S/C21H44NO6P/c1-2-3-4-5-6-7-8-9-10-11-12-13-14-15-17-26-21(19-23)20-28-29(24,25)27-18-16-22/h15,17,21,23H,2-14,16,18-20,22H2,1H3,(H,24,25)/b17-15+. The Morgan fingerprint density at radius 2 is 1.48 bits per heavy atom. The van der Waals surface area contributed by atoms with Crippen LogP contribution in [0.15, 0.2) is 12.3 Å². The largest absolute Gasteiger partial charge is 0.494 e. The minimum Gasteiger partial charge on any atom is -0.494 e. The molecule has 0 amide bonds. The van der Waals surface area contributed by atoms with Crippen molar-refractivity contribution in [1.29, 1.82) is 0 Å². The van der Waals surface area contributed by atoms with Gasteiger partial charge in [-0.05, 0) is 18.9 Å². The number of unbranched alkanes of at least 4 members (excludes halogenated alkanes) is 12. The van der Waals surface area contributed by atoms with Crippen LogP contribution in [0.25, 0.3) is 0 Å². The molecule has 0 fully saturated rings. The van der Waals surface area contributed by atoms with E-state index in [0.29, 0.717) is 0 Å². The van der Waals surface area contributed by atoms with Crippen molar-refractivity contribution in [3.63, 3.8) is 0 Å². The number of aliphatic hydroxyl groups excluding tert-OH is 1. The first kappa shape index (κ1) is 28.6. The Hall–Kier alpha value is -0.430. The number of phosphoric acid groups is 1. The fraction of sp³-hybridized carbons (Fsp3) is 0.905. The van der Waals surface area contributed by atoms with Gasteiger partial charge in [-0.1, -0.05) is 77.6 Å². The van der Waals surface area contributed by atoms with Gasteiger partial charge in [0.15, 0.2) is 0 Å².